The van der Waals surface area contributed by atoms with E-state index >= 15 is 0 Å². The van der Waals surface area contributed by atoms with Gasteiger partial charge in [0.2, 0.25) is 0 Å². The predicted molar refractivity (Wildman–Crippen MR) is 78.0 cm³/mol. The lowest BCUT2D eigenvalue weighted by molar-refractivity contribution is -0.117. The minimum atomic E-state index is -0.0934. The normalized spacial score (nSPS) is 31.3. The number of aromatic nitrogens is 1. The number of rotatable bonds is 5. The minimum absolute atomic E-state index is 0.00152. The molecular weight excluding hydrogens is 270 g/mol. The fourth-order valence-corrected chi connectivity index (χ4v) is 3.36. The second-order valence-corrected chi connectivity index (χ2v) is 5.80. The molecule has 0 spiro atoms. The van der Waals surface area contributed by atoms with Gasteiger partial charge in [-0.1, -0.05) is 0 Å². The molecule has 6 nitrogen and oxygen atoms in total. The fraction of sp³-hybridized carbons (Fsp3) is 0.667. The van der Waals surface area contributed by atoms with Crippen molar-refractivity contribution >= 4 is 5.91 Å². The van der Waals surface area contributed by atoms with Crippen molar-refractivity contribution < 1.29 is 14.3 Å². The maximum absolute atomic E-state index is 12.4. The zero-order valence-electron chi connectivity index (χ0n) is 12.3. The zero-order valence-corrected chi connectivity index (χ0v) is 12.3. The fourth-order valence-electron chi connectivity index (χ4n) is 3.36. The first kappa shape index (κ1) is 14.6. The Labute approximate surface area is 124 Å². The van der Waals surface area contributed by atoms with E-state index < -0.39 is 0 Å². The summed E-state index contributed by atoms with van der Waals surface area (Å²) in [6.45, 7) is 2.00. The van der Waals surface area contributed by atoms with Crippen molar-refractivity contribution in [2.24, 2.45) is 11.7 Å². The van der Waals surface area contributed by atoms with E-state index in [9.17, 15) is 4.79 Å². The lowest BCUT2D eigenvalue weighted by atomic mass is 9.68. The molecule has 4 atom stereocenters. The number of nitrogens with zero attached hydrogens (tertiary/aromatic N) is 1. The van der Waals surface area contributed by atoms with Gasteiger partial charge in [0.25, 0.3) is 5.91 Å². The topological polar surface area (TPSA) is 78.5 Å². The standard InChI is InChI=1S/C15H23N3O3/c1-20-9-7-18-6-2-5-11(18)15(19)17-13-12(16)10-4-3-8-21-14(10)13/h2,5-6,10,12-14H,3-4,7-9,16H2,1H3,(H,17,19). The van der Waals surface area contributed by atoms with Crippen molar-refractivity contribution in [3.05, 3.63) is 24.0 Å². The number of nitrogens with one attached hydrogen (secondary N) is 1. The summed E-state index contributed by atoms with van der Waals surface area (Å²) >= 11 is 0. The maximum atomic E-state index is 12.4. The lowest BCUT2D eigenvalue weighted by Crippen LogP contribution is -2.72. The van der Waals surface area contributed by atoms with Gasteiger partial charge in [0.05, 0.1) is 18.8 Å². The van der Waals surface area contributed by atoms with Gasteiger partial charge in [-0.15, -0.1) is 0 Å². The summed E-state index contributed by atoms with van der Waals surface area (Å²) in [6, 6.07) is 3.61. The smallest absolute Gasteiger partial charge is 0.268 e. The highest BCUT2D eigenvalue weighted by molar-refractivity contribution is 5.93. The van der Waals surface area contributed by atoms with Crippen LogP contribution in [0.4, 0.5) is 0 Å². The van der Waals surface area contributed by atoms with Crippen molar-refractivity contribution in [3.8, 4) is 0 Å². The molecule has 0 aromatic carbocycles. The molecule has 0 bridgehead atoms. The summed E-state index contributed by atoms with van der Waals surface area (Å²) < 4.78 is 12.7. The van der Waals surface area contributed by atoms with Gasteiger partial charge >= 0.3 is 0 Å². The zero-order chi connectivity index (χ0) is 14.8. The molecule has 1 amide bonds. The highest BCUT2D eigenvalue weighted by atomic mass is 16.5. The van der Waals surface area contributed by atoms with E-state index in [4.69, 9.17) is 15.2 Å². The van der Waals surface area contributed by atoms with E-state index in [1.165, 1.54) is 0 Å². The molecule has 1 aromatic rings. The SMILES string of the molecule is COCCn1cccc1C(=O)NC1C(N)C2CCCOC21. The van der Waals surface area contributed by atoms with Gasteiger partial charge in [0.15, 0.2) is 0 Å². The molecule has 1 aliphatic heterocycles. The largest absolute Gasteiger partial charge is 0.383 e. The lowest BCUT2D eigenvalue weighted by Gasteiger charge is -2.52. The van der Waals surface area contributed by atoms with Crippen LogP contribution >= 0.6 is 0 Å². The van der Waals surface area contributed by atoms with Gasteiger partial charge in [0, 0.05) is 38.4 Å². The van der Waals surface area contributed by atoms with Gasteiger partial charge in [0.1, 0.15) is 5.69 Å². The highest BCUT2D eigenvalue weighted by Gasteiger charge is 2.51. The molecule has 0 radical (unpaired) electrons. The molecule has 1 aromatic heterocycles. The van der Waals surface area contributed by atoms with Gasteiger partial charge in [-0.25, -0.2) is 0 Å². The van der Waals surface area contributed by atoms with E-state index in [0.717, 1.165) is 19.4 Å². The number of amides is 1. The average molecular weight is 293 g/mol. The Balaban J connectivity index is 1.63. The Hall–Kier alpha value is -1.37. The first-order chi connectivity index (χ1) is 10.2. The number of ether oxygens (including phenoxy) is 2. The number of fused-ring (bicyclic) bond motifs is 1. The Kier molecular flexibility index (Phi) is 4.28. The predicted octanol–water partition coefficient (Wildman–Crippen LogP) is 0.369. The second kappa shape index (κ2) is 6.17. The first-order valence-electron chi connectivity index (χ1n) is 7.54. The quantitative estimate of drug-likeness (QED) is 0.822. The number of methoxy groups -OCH3 is 1. The van der Waals surface area contributed by atoms with Crippen LogP contribution in [0.2, 0.25) is 0 Å². The molecule has 1 saturated carbocycles. The highest BCUT2D eigenvalue weighted by Crippen LogP contribution is 2.37. The number of carbonyl (C=O) groups is 1. The van der Waals surface area contributed by atoms with Gasteiger partial charge < -0.3 is 25.1 Å². The molecule has 2 aliphatic rings. The molecule has 21 heavy (non-hydrogen) atoms. The van der Waals surface area contributed by atoms with E-state index in [1.807, 2.05) is 22.9 Å². The van der Waals surface area contributed by atoms with Crippen molar-refractivity contribution in [1.29, 1.82) is 0 Å². The molecule has 1 aliphatic carbocycles. The molecule has 3 rings (SSSR count). The summed E-state index contributed by atoms with van der Waals surface area (Å²) in [4.78, 5) is 12.4. The minimum Gasteiger partial charge on any atom is -0.383 e. The Morgan fingerprint density at radius 2 is 2.48 bits per heavy atom. The van der Waals surface area contributed by atoms with Crippen LogP contribution in [-0.4, -0.2) is 49.0 Å². The number of hydrogen-bond donors (Lipinski definition) is 2. The van der Waals surface area contributed by atoms with Gasteiger partial charge in [-0.05, 0) is 25.0 Å². The summed E-state index contributed by atoms with van der Waals surface area (Å²) in [5.41, 5.74) is 6.81. The molecule has 1 saturated heterocycles. The third-order valence-corrected chi connectivity index (χ3v) is 4.57. The summed E-state index contributed by atoms with van der Waals surface area (Å²) in [7, 11) is 1.65. The van der Waals surface area contributed by atoms with Crippen molar-refractivity contribution in [3.63, 3.8) is 0 Å². The summed E-state index contributed by atoms with van der Waals surface area (Å²) in [6.07, 6.45) is 4.13. The summed E-state index contributed by atoms with van der Waals surface area (Å²) in [5.74, 6) is 0.300. The van der Waals surface area contributed by atoms with E-state index in [0.29, 0.717) is 24.8 Å². The molecule has 116 valence electrons. The average Bonchev–Trinajstić information content (AvgIpc) is 2.98. The molecular formula is C15H23N3O3. The van der Waals surface area contributed by atoms with Crippen molar-refractivity contribution in [2.45, 2.75) is 37.6 Å². The van der Waals surface area contributed by atoms with Crippen LogP contribution in [0.3, 0.4) is 0 Å². The van der Waals surface area contributed by atoms with Crippen molar-refractivity contribution in [1.82, 2.24) is 9.88 Å². The Morgan fingerprint density at radius 3 is 3.29 bits per heavy atom. The third-order valence-electron chi connectivity index (χ3n) is 4.57. The number of hydrogen-bond acceptors (Lipinski definition) is 4. The van der Waals surface area contributed by atoms with Crippen LogP contribution in [0.5, 0.6) is 0 Å². The van der Waals surface area contributed by atoms with E-state index in [2.05, 4.69) is 5.32 Å². The van der Waals surface area contributed by atoms with E-state index in [1.54, 1.807) is 7.11 Å². The molecule has 3 N–H and O–H groups in total. The van der Waals surface area contributed by atoms with Crippen molar-refractivity contribution in [2.75, 3.05) is 20.3 Å². The Morgan fingerprint density at radius 1 is 1.62 bits per heavy atom. The Bertz CT molecular complexity index is 502. The van der Waals surface area contributed by atoms with Crippen LogP contribution < -0.4 is 11.1 Å². The third kappa shape index (κ3) is 2.71. The maximum Gasteiger partial charge on any atom is 0.268 e. The van der Waals surface area contributed by atoms with Crippen LogP contribution in [-0.2, 0) is 16.0 Å². The molecule has 2 heterocycles. The van der Waals surface area contributed by atoms with Crippen LogP contribution in [0, 0.1) is 5.92 Å². The van der Waals surface area contributed by atoms with Crippen LogP contribution in [0.25, 0.3) is 0 Å². The van der Waals surface area contributed by atoms with Gasteiger partial charge in [-0.2, -0.15) is 0 Å². The molecule has 6 heteroatoms. The van der Waals surface area contributed by atoms with Crippen LogP contribution in [0.1, 0.15) is 23.3 Å². The molecule has 2 fully saturated rings. The number of carbonyl (C=O) groups excluding carboxylic acids is 1. The monoisotopic (exact) mass is 293 g/mol. The summed E-state index contributed by atoms with van der Waals surface area (Å²) in [5, 5.41) is 3.03. The molecule has 4 unspecified atom stereocenters. The van der Waals surface area contributed by atoms with Gasteiger partial charge in [-0.3, -0.25) is 4.79 Å². The first-order valence-corrected chi connectivity index (χ1v) is 7.54. The van der Waals surface area contributed by atoms with E-state index in [-0.39, 0.29) is 24.1 Å². The second-order valence-electron chi connectivity index (χ2n) is 5.80. The van der Waals surface area contributed by atoms with Crippen LogP contribution in [0.15, 0.2) is 18.3 Å². The number of nitrogens with two attached hydrogens (primary N) is 1.